The first-order chi connectivity index (χ1) is 15.6. The van der Waals surface area contributed by atoms with Crippen molar-refractivity contribution in [3.8, 4) is 11.4 Å². The van der Waals surface area contributed by atoms with Crippen LogP contribution in [0.2, 0.25) is 0 Å². The fourth-order valence-corrected chi connectivity index (χ4v) is 4.17. The second-order valence-electron chi connectivity index (χ2n) is 7.66. The fraction of sp³-hybridized carbons (Fsp3) is 0.125. The quantitative estimate of drug-likeness (QED) is 0.402. The fourth-order valence-electron chi connectivity index (χ4n) is 4.17. The first-order valence-corrected chi connectivity index (χ1v) is 10.3. The molecule has 3 heterocycles. The molecule has 0 aliphatic heterocycles. The van der Waals surface area contributed by atoms with Gasteiger partial charge in [-0.25, -0.2) is 14.3 Å². The molecule has 0 atom stereocenters. The van der Waals surface area contributed by atoms with Crippen LogP contribution in [0.25, 0.3) is 11.4 Å². The normalized spacial score (nSPS) is 11.3. The monoisotopic (exact) mass is 426 g/mol. The Balaban J connectivity index is 1.75. The van der Waals surface area contributed by atoms with Gasteiger partial charge < -0.3 is 4.98 Å². The number of aromatic nitrogens is 6. The lowest BCUT2D eigenvalue weighted by Crippen LogP contribution is -2.26. The molecule has 0 radical (unpaired) electrons. The summed E-state index contributed by atoms with van der Waals surface area (Å²) in [6.07, 6.45) is 3.32. The van der Waals surface area contributed by atoms with Gasteiger partial charge in [-0.15, -0.1) is 0 Å². The van der Waals surface area contributed by atoms with Crippen molar-refractivity contribution < 1.29 is 0 Å². The Bertz CT molecular complexity index is 1370. The molecule has 0 amide bonds. The predicted octanol–water partition coefficient (Wildman–Crippen LogP) is 3.16. The van der Waals surface area contributed by atoms with E-state index in [1.54, 1.807) is 12.4 Å². The minimum absolute atomic E-state index is 0.221. The van der Waals surface area contributed by atoms with Gasteiger partial charge in [0.2, 0.25) is 0 Å². The molecule has 8 nitrogen and oxygen atoms in total. The van der Waals surface area contributed by atoms with Crippen LogP contribution in [-0.2, 0) is 0 Å². The van der Waals surface area contributed by atoms with Crippen LogP contribution in [0, 0.1) is 13.8 Å². The minimum atomic E-state index is -0.660. The second kappa shape index (κ2) is 7.73. The molecule has 3 aromatic heterocycles. The maximum Gasteiger partial charge on any atom is 0.275 e. The molecule has 0 spiro atoms. The van der Waals surface area contributed by atoms with Gasteiger partial charge in [0.1, 0.15) is 5.82 Å². The zero-order valence-electron chi connectivity index (χ0n) is 17.7. The van der Waals surface area contributed by atoms with E-state index in [1.165, 1.54) is 9.36 Å². The third kappa shape index (κ3) is 3.13. The molecule has 160 valence electrons. The third-order valence-corrected chi connectivity index (χ3v) is 5.63. The van der Waals surface area contributed by atoms with E-state index >= 15 is 0 Å². The number of aryl methyl sites for hydroxylation is 2. The number of hydrogen-bond acceptors (Lipinski definition) is 3. The highest BCUT2D eigenvalue weighted by Gasteiger charge is 2.32. The number of benzene rings is 2. The number of nitrogens with one attached hydrogen (secondary N) is 3. The first-order valence-electron chi connectivity index (χ1n) is 10.3. The van der Waals surface area contributed by atoms with Crippen LogP contribution < -0.4 is 11.1 Å². The second-order valence-corrected chi connectivity index (χ2v) is 7.66. The zero-order valence-corrected chi connectivity index (χ0v) is 17.7. The summed E-state index contributed by atoms with van der Waals surface area (Å²) in [7, 11) is 0. The van der Waals surface area contributed by atoms with Gasteiger partial charge in [0.15, 0.2) is 0 Å². The van der Waals surface area contributed by atoms with E-state index in [2.05, 4.69) is 20.2 Å². The standard InChI is InChI=1S/C24H22N6O2/c1-15-19(23(31)29(27-15)17-9-5-3-6-10-17)21(22-25-13-14-26-22)20-16(2)28-30(24(20)32)18-11-7-4-8-12-18/h3-14,21,27-28H,1-2H3,(H,25,26). The van der Waals surface area contributed by atoms with Crippen molar-refractivity contribution in [1.82, 2.24) is 29.5 Å². The summed E-state index contributed by atoms with van der Waals surface area (Å²) in [6, 6.07) is 18.7. The average Bonchev–Trinajstić information content (AvgIpc) is 3.52. The number of hydrogen-bond donors (Lipinski definition) is 3. The van der Waals surface area contributed by atoms with E-state index in [0.29, 0.717) is 28.3 Å². The lowest BCUT2D eigenvalue weighted by molar-refractivity contribution is 0.822. The van der Waals surface area contributed by atoms with Crippen molar-refractivity contribution >= 4 is 0 Å². The summed E-state index contributed by atoms with van der Waals surface area (Å²) in [4.78, 5) is 34.7. The van der Waals surface area contributed by atoms with Crippen molar-refractivity contribution in [2.24, 2.45) is 0 Å². The van der Waals surface area contributed by atoms with Gasteiger partial charge in [-0.3, -0.25) is 19.8 Å². The number of imidazole rings is 1. The molecule has 8 heteroatoms. The van der Waals surface area contributed by atoms with Crippen LogP contribution >= 0.6 is 0 Å². The average molecular weight is 426 g/mol. The topological polar surface area (TPSA) is 104 Å². The number of para-hydroxylation sites is 2. The van der Waals surface area contributed by atoms with E-state index in [-0.39, 0.29) is 11.1 Å². The van der Waals surface area contributed by atoms with Gasteiger partial charge >= 0.3 is 0 Å². The van der Waals surface area contributed by atoms with Gasteiger partial charge in [-0.05, 0) is 38.1 Å². The predicted molar refractivity (Wildman–Crippen MR) is 122 cm³/mol. The maximum absolute atomic E-state index is 13.6. The van der Waals surface area contributed by atoms with Crippen LogP contribution in [-0.4, -0.2) is 29.5 Å². The van der Waals surface area contributed by atoms with Crippen molar-refractivity contribution in [1.29, 1.82) is 0 Å². The molecular formula is C24H22N6O2. The summed E-state index contributed by atoms with van der Waals surface area (Å²) in [5.74, 6) is -0.128. The smallest absolute Gasteiger partial charge is 0.275 e. The highest BCUT2D eigenvalue weighted by Crippen LogP contribution is 2.30. The van der Waals surface area contributed by atoms with Crippen LogP contribution in [0.5, 0.6) is 0 Å². The zero-order chi connectivity index (χ0) is 22.2. The summed E-state index contributed by atoms with van der Waals surface area (Å²) < 4.78 is 3.00. The van der Waals surface area contributed by atoms with Crippen molar-refractivity contribution in [3.63, 3.8) is 0 Å². The molecule has 5 aromatic rings. The Morgan fingerprint density at radius 1 is 0.750 bits per heavy atom. The molecule has 0 aliphatic rings. The molecule has 5 rings (SSSR count). The summed E-state index contributed by atoms with van der Waals surface area (Å²) in [6.45, 7) is 3.67. The Hall–Kier alpha value is -4.33. The van der Waals surface area contributed by atoms with Gasteiger partial charge in [-0.2, -0.15) is 0 Å². The molecule has 3 N–H and O–H groups in total. The molecule has 0 unspecified atom stereocenters. The molecule has 32 heavy (non-hydrogen) atoms. The van der Waals surface area contributed by atoms with Crippen LogP contribution in [0.1, 0.15) is 34.3 Å². The molecule has 0 saturated carbocycles. The highest BCUT2D eigenvalue weighted by molar-refractivity contribution is 5.44. The molecule has 0 bridgehead atoms. The van der Waals surface area contributed by atoms with Crippen LogP contribution in [0.15, 0.2) is 82.6 Å². The Labute approximate surface area is 183 Å². The SMILES string of the molecule is Cc1[nH]n(-c2ccccc2)c(=O)c1C(c1ncc[nH]1)c1c(C)[nH]n(-c2ccccc2)c1=O. The van der Waals surface area contributed by atoms with E-state index in [4.69, 9.17) is 0 Å². The maximum atomic E-state index is 13.6. The Morgan fingerprint density at radius 2 is 1.22 bits per heavy atom. The minimum Gasteiger partial charge on any atom is -0.348 e. The Morgan fingerprint density at radius 3 is 1.62 bits per heavy atom. The van der Waals surface area contributed by atoms with E-state index in [0.717, 1.165) is 11.4 Å². The van der Waals surface area contributed by atoms with Gasteiger partial charge in [0, 0.05) is 23.8 Å². The number of rotatable bonds is 5. The first kappa shape index (κ1) is 19.6. The molecular weight excluding hydrogens is 404 g/mol. The molecule has 2 aromatic carbocycles. The van der Waals surface area contributed by atoms with Crippen molar-refractivity contribution in [2.45, 2.75) is 19.8 Å². The van der Waals surface area contributed by atoms with Crippen LogP contribution in [0.4, 0.5) is 0 Å². The van der Waals surface area contributed by atoms with E-state index in [1.807, 2.05) is 74.5 Å². The van der Waals surface area contributed by atoms with E-state index in [9.17, 15) is 9.59 Å². The molecule has 0 aliphatic carbocycles. The highest BCUT2D eigenvalue weighted by atomic mass is 16.1. The number of H-pyrrole nitrogens is 3. The lowest BCUT2D eigenvalue weighted by Gasteiger charge is -2.12. The number of aromatic amines is 3. The van der Waals surface area contributed by atoms with Crippen molar-refractivity contribution in [2.75, 3.05) is 0 Å². The summed E-state index contributed by atoms with van der Waals surface area (Å²) in [5.41, 5.74) is 3.29. The van der Waals surface area contributed by atoms with Crippen molar-refractivity contribution in [3.05, 3.63) is 122 Å². The molecule has 0 saturated heterocycles. The number of nitrogens with zero attached hydrogens (tertiary/aromatic N) is 3. The van der Waals surface area contributed by atoms with Gasteiger partial charge in [0.25, 0.3) is 11.1 Å². The van der Waals surface area contributed by atoms with Gasteiger partial charge in [0.05, 0.1) is 28.4 Å². The Kier molecular flexibility index (Phi) is 4.74. The van der Waals surface area contributed by atoms with Gasteiger partial charge in [-0.1, -0.05) is 36.4 Å². The van der Waals surface area contributed by atoms with Crippen LogP contribution in [0.3, 0.4) is 0 Å². The summed E-state index contributed by atoms with van der Waals surface area (Å²) in [5, 5.41) is 6.32. The third-order valence-electron chi connectivity index (χ3n) is 5.63. The lowest BCUT2D eigenvalue weighted by atomic mass is 9.91. The van der Waals surface area contributed by atoms with E-state index < -0.39 is 5.92 Å². The summed E-state index contributed by atoms with van der Waals surface area (Å²) >= 11 is 0. The largest absolute Gasteiger partial charge is 0.348 e. The molecule has 0 fully saturated rings.